The average molecular weight is 388 g/mol. The summed E-state index contributed by atoms with van der Waals surface area (Å²) in [5.41, 5.74) is 2.24. The maximum atomic E-state index is 15.3. The van der Waals surface area contributed by atoms with Crippen LogP contribution in [-0.4, -0.2) is 10.2 Å². The van der Waals surface area contributed by atoms with Gasteiger partial charge in [-0.3, -0.25) is 4.79 Å². The first-order valence-corrected chi connectivity index (χ1v) is 8.93. The number of benzene rings is 2. The Labute approximate surface area is 166 Å². The molecule has 1 heterocycles. The number of rotatable bonds is 5. The number of aryl methyl sites for hydroxylation is 2. The molecule has 144 valence electrons. The van der Waals surface area contributed by atoms with Crippen molar-refractivity contribution in [1.29, 1.82) is 10.5 Å². The summed E-state index contributed by atoms with van der Waals surface area (Å²) in [6, 6.07) is 13.3. The van der Waals surface area contributed by atoms with Crippen molar-refractivity contribution in [3.05, 3.63) is 86.1 Å². The van der Waals surface area contributed by atoms with Gasteiger partial charge in [0.05, 0.1) is 29.0 Å². The lowest BCUT2D eigenvalue weighted by Gasteiger charge is -2.14. The minimum atomic E-state index is -0.545. The summed E-state index contributed by atoms with van der Waals surface area (Å²) in [4.78, 5) is 11.5. The van der Waals surface area contributed by atoms with Gasteiger partial charge in [-0.15, -0.1) is 0 Å². The van der Waals surface area contributed by atoms with E-state index in [1.807, 2.05) is 19.1 Å². The molecule has 29 heavy (non-hydrogen) atoms. The number of nitrogens with zero attached hydrogens (tertiary/aromatic N) is 3. The summed E-state index contributed by atoms with van der Waals surface area (Å²) in [5.74, 6) is -0.287. The molecule has 3 aromatic rings. The van der Waals surface area contributed by atoms with Crippen LogP contribution in [0.2, 0.25) is 0 Å². The number of nitriles is 2. The largest absolute Gasteiger partial charge is 0.454 e. The number of hydrogen-bond acceptors (Lipinski definition) is 5. The molecule has 3 rings (SSSR count). The second-order valence-electron chi connectivity index (χ2n) is 6.50. The fourth-order valence-electron chi connectivity index (χ4n) is 2.91. The highest BCUT2D eigenvalue weighted by Crippen LogP contribution is 2.32. The van der Waals surface area contributed by atoms with E-state index in [1.54, 1.807) is 25.1 Å². The minimum absolute atomic E-state index is 0.0464. The Kier molecular flexibility index (Phi) is 5.71. The first-order valence-electron chi connectivity index (χ1n) is 8.93. The van der Waals surface area contributed by atoms with Gasteiger partial charge >= 0.3 is 0 Å². The van der Waals surface area contributed by atoms with Crippen LogP contribution in [0.4, 0.5) is 4.39 Å². The summed E-state index contributed by atoms with van der Waals surface area (Å²) in [6.07, 6.45) is 0.705. The van der Waals surface area contributed by atoms with E-state index in [-0.39, 0.29) is 34.6 Å². The van der Waals surface area contributed by atoms with Gasteiger partial charge in [-0.05, 0) is 48.7 Å². The van der Waals surface area contributed by atoms with E-state index >= 15 is 4.39 Å². The standard InChI is InChI=1S/C22H17FN4O2/c1-3-16-4-5-17(10-18-6-13(2)22(28)27-26-18)20(23)21(16)29-19-8-14(11-24)7-15(9-19)12-25/h4-9H,3,10H2,1-2H3,(H,27,28). The second kappa shape index (κ2) is 8.37. The van der Waals surface area contributed by atoms with Crippen LogP contribution >= 0.6 is 0 Å². The Morgan fingerprint density at radius 3 is 2.34 bits per heavy atom. The number of hydrogen-bond donors (Lipinski definition) is 1. The van der Waals surface area contributed by atoms with Crippen LogP contribution in [-0.2, 0) is 12.8 Å². The minimum Gasteiger partial charge on any atom is -0.454 e. The van der Waals surface area contributed by atoms with E-state index in [0.717, 1.165) is 0 Å². The van der Waals surface area contributed by atoms with Gasteiger partial charge in [0, 0.05) is 12.0 Å². The third-order valence-corrected chi connectivity index (χ3v) is 4.44. The lowest BCUT2D eigenvalue weighted by atomic mass is 10.0. The van der Waals surface area contributed by atoms with Crippen LogP contribution in [0.25, 0.3) is 0 Å². The monoisotopic (exact) mass is 388 g/mol. The van der Waals surface area contributed by atoms with E-state index in [9.17, 15) is 4.79 Å². The third-order valence-electron chi connectivity index (χ3n) is 4.44. The van der Waals surface area contributed by atoms with Crippen molar-refractivity contribution in [1.82, 2.24) is 10.2 Å². The number of nitrogens with one attached hydrogen (secondary N) is 1. The van der Waals surface area contributed by atoms with E-state index in [1.165, 1.54) is 18.2 Å². The number of halogens is 1. The average Bonchev–Trinajstić information content (AvgIpc) is 2.73. The molecule has 0 aliphatic carbocycles. The highest BCUT2D eigenvalue weighted by Gasteiger charge is 2.17. The lowest BCUT2D eigenvalue weighted by Crippen LogP contribution is -2.13. The zero-order valence-corrected chi connectivity index (χ0v) is 15.9. The molecule has 2 aromatic carbocycles. The van der Waals surface area contributed by atoms with Gasteiger partial charge in [0.25, 0.3) is 5.56 Å². The molecule has 6 nitrogen and oxygen atoms in total. The van der Waals surface area contributed by atoms with E-state index < -0.39 is 5.82 Å². The summed E-state index contributed by atoms with van der Waals surface area (Å²) in [5, 5.41) is 24.6. The molecule has 7 heteroatoms. The molecule has 0 amide bonds. The predicted molar refractivity (Wildman–Crippen MR) is 104 cm³/mol. The van der Waals surface area contributed by atoms with Crippen LogP contribution in [0.15, 0.2) is 41.2 Å². The molecule has 0 saturated heterocycles. The maximum Gasteiger partial charge on any atom is 0.267 e. The summed E-state index contributed by atoms with van der Waals surface area (Å²) >= 11 is 0. The molecular weight excluding hydrogens is 371 g/mol. The molecular formula is C22H17FN4O2. The summed E-state index contributed by atoms with van der Waals surface area (Å²) in [7, 11) is 0. The van der Waals surface area contributed by atoms with Gasteiger partial charge in [0.1, 0.15) is 5.75 Å². The lowest BCUT2D eigenvalue weighted by molar-refractivity contribution is 0.433. The maximum absolute atomic E-state index is 15.3. The van der Waals surface area contributed by atoms with Gasteiger partial charge in [-0.1, -0.05) is 19.1 Å². The van der Waals surface area contributed by atoms with Gasteiger partial charge in [0.15, 0.2) is 11.6 Å². The summed E-state index contributed by atoms with van der Waals surface area (Å²) in [6.45, 7) is 3.53. The van der Waals surface area contributed by atoms with Gasteiger partial charge < -0.3 is 4.74 Å². The normalized spacial score (nSPS) is 10.2. The molecule has 0 spiro atoms. The highest BCUT2D eigenvalue weighted by molar-refractivity contribution is 5.49. The zero-order chi connectivity index (χ0) is 21.0. The Morgan fingerprint density at radius 2 is 1.76 bits per heavy atom. The van der Waals surface area contributed by atoms with Gasteiger partial charge in [-0.25, -0.2) is 9.49 Å². The van der Waals surface area contributed by atoms with Gasteiger partial charge in [-0.2, -0.15) is 15.6 Å². The fourth-order valence-corrected chi connectivity index (χ4v) is 2.91. The quantitative estimate of drug-likeness (QED) is 0.714. The van der Waals surface area contributed by atoms with E-state index in [2.05, 4.69) is 10.2 Å². The van der Waals surface area contributed by atoms with E-state index in [0.29, 0.717) is 28.8 Å². The van der Waals surface area contributed by atoms with E-state index in [4.69, 9.17) is 15.3 Å². The van der Waals surface area contributed by atoms with Crippen LogP contribution in [0.5, 0.6) is 11.5 Å². The Balaban J connectivity index is 2.01. The molecule has 0 saturated carbocycles. The number of aromatic amines is 1. The molecule has 0 fully saturated rings. The smallest absolute Gasteiger partial charge is 0.267 e. The van der Waals surface area contributed by atoms with Gasteiger partial charge in [0.2, 0.25) is 0 Å². The first-order chi connectivity index (χ1) is 13.9. The molecule has 0 bridgehead atoms. The van der Waals surface area contributed by atoms with Crippen molar-refractivity contribution in [2.75, 3.05) is 0 Å². The first kappa shape index (κ1) is 19.8. The summed E-state index contributed by atoms with van der Waals surface area (Å²) < 4.78 is 21.1. The Morgan fingerprint density at radius 1 is 1.10 bits per heavy atom. The predicted octanol–water partition coefficient (Wildman–Crippen LogP) is 3.91. The fraction of sp³-hybridized carbons (Fsp3) is 0.182. The number of H-pyrrole nitrogens is 1. The second-order valence-corrected chi connectivity index (χ2v) is 6.50. The Hall–Kier alpha value is -3.97. The molecule has 0 atom stereocenters. The van der Waals surface area contributed by atoms with Crippen molar-refractivity contribution < 1.29 is 9.13 Å². The molecule has 0 unspecified atom stereocenters. The van der Waals surface area contributed by atoms with Crippen LogP contribution in [0, 0.1) is 35.4 Å². The molecule has 1 aromatic heterocycles. The zero-order valence-electron chi connectivity index (χ0n) is 15.9. The molecule has 1 N–H and O–H groups in total. The van der Waals surface area contributed by atoms with Crippen molar-refractivity contribution in [2.45, 2.75) is 26.7 Å². The van der Waals surface area contributed by atoms with Crippen LogP contribution in [0.3, 0.4) is 0 Å². The highest BCUT2D eigenvalue weighted by atomic mass is 19.1. The van der Waals surface area contributed by atoms with Crippen molar-refractivity contribution in [3.8, 4) is 23.6 Å². The third kappa shape index (κ3) is 4.31. The number of ether oxygens (including phenoxy) is 1. The van der Waals surface area contributed by atoms with Crippen LogP contribution < -0.4 is 10.3 Å². The van der Waals surface area contributed by atoms with Crippen molar-refractivity contribution in [3.63, 3.8) is 0 Å². The SMILES string of the molecule is CCc1ccc(Cc2cc(C)c(=O)[nH]n2)c(F)c1Oc1cc(C#N)cc(C#N)c1. The molecule has 0 radical (unpaired) electrons. The van der Waals surface area contributed by atoms with Crippen LogP contribution in [0.1, 0.15) is 40.4 Å². The molecule has 0 aliphatic rings. The van der Waals surface area contributed by atoms with Crippen molar-refractivity contribution in [2.24, 2.45) is 0 Å². The Bertz CT molecular complexity index is 1190. The van der Waals surface area contributed by atoms with Crippen molar-refractivity contribution >= 4 is 0 Å². The topological polar surface area (TPSA) is 103 Å². The molecule has 0 aliphatic heterocycles. The number of aromatic nitrogens is 2.